The summed E-state index contributed by atoms with van der Waals surface area (Å²) in [6, 6.07) is 9.45. The van der Waals surface area contributed by atoms with Gasteiger partial charge in [0.1, 0.15) is 11.3 Å². The molecule has 0 saturated carbocycles. The summed E-state index contributed by atoms with van der Waals surface area (Å²) < 4.78 is 12.5. The monoisotopic (exact) mass is 383 g/mol. The first-order valence-electron chi connectivity index (χ1n) is 8.51. The van der Waals surface area contributed by atoms with Gasteiger partial charge in [-0.05, 0) is 30.7 Å². The summed E-state index contributed by atoms with van der Waals surface area (Å²) in [5, 5.41) is 3.09. The van der Waals surface area contributed by atoms with Gasteiger partial charge in [0.25, 0.3) is 5.19 Å². The number of fused-ring (bicyclic) bond motifs is 2. The Morgan fingerprint density at radius 3 is 3.07 bits per heavy atom. The van der Waals surface area contributed by atoms with E-state index in [4.69, 9.17) is 14.0 Å². The first-order valence-corrected chi connectivity index (χ1v) is 9.33. The molecule has 0 spiro atoms. The topological polar surface area (TPSA) is 77.7 Å². The van der Waals surface area contributed by atoms with Crippen LogP contribution in [0.4, 0.5) is 0 Å². The van der Waals surface area contributed by atoms with Crippen molar-refractivity contribution in [3.63, 3.8) is 0 Å². The molecule has 0 radical (unpaired) electrons. The number of furan rings is 1. The highest BCUT2D eigenvalue weighted by atomic mass is 32.1. The van der Waals surface area contributed by atoms with E-state index in [0.29, 0.717) is 41.7 Å². The third-order valence-corrected chi connectivity index (χ3v) is 4.88. The van der Waals surface area contributed by atoms with Crippen LogP contribution in [0, 0.1) is 0 Å². The largest absolute Gasteiger partial charge is 0.464 e. The molecule has 0 aliphatic carbocycles. The van der Waals surface area contributed by atoms with E-state index >= 15 is 0 Å². The minimum atomic E-state index is 0.441. The maximum absolute atomic E-state index is 10.7. The van der Waals surface area contributed by atoms with Gasteiger partial charge < -0.3 is 14.0 Å². The Morgan fingerprint density at radius 1 is 1.33 bits per heavy atom. The van der Waals surface area contributed by atoms with Crippen molar-refractivity contribution in [1.29, 1.82) is 0 Å². The van der Waals surface area contributed by atoms with Crippen LogP contribution in [0.15, 0.2) is 47.2 Å². The highest BCUT2D eigenvalue weighted by Gasteiger charge is 2.13. The Balaban J connectivity index is 1.55. The number of rotatable bonds is 8. The Kier molecular flexibility index (Phi) is 4.99. The maximum Gasteiger partial charge on any atom is 0.313 e. The predicted molar refractivity (Wildman–Crippen MR) is 102 cm³/mol. The Labute approximate surface area is 159 Å². The van der Waals surface area contributed by atoms with Crippen LogP contribution in [0.3, 0.4) is 0 Å². The minimum Gasteiger partial charge on any atom is -0.464 e. The van der Waals surface area contributed by atoms with E-state index in [9.17, 15) is 4.79 Å². The van der Waals surface area contributed by atoms with Gasteiger partial charge in [-0.15, -0.1) is 5.06 Å². The fourth-order valence-electron chi connectivity index (χ4n) is 2.81. The number of hydrogen-bond donors (Lipinski definition) is 0. The molecular formula is C19H17N3O4S. The van der Waals surface area contributed by atoms with Crippen LogP contribution in [-0.4, -0.2) is 28.0 Å². The maximum atomic E-state index is 10.7. The van der Waals surface area contributed by atoms with Gasteiger partial charge in [0.15, 0.2) is 5.65 Å². The van der Waals surface area contributed by atoms with Gasteiger partial charge in [0.05, 0.1) is 17.5 Å². The third kappa shape index (κ3) is 3.76. The third-order valence-electron chi connectivity index (χ3n) is 3.99. The molecule has 0 atom stereocenters. The Morgan fingerprint density at radius 2 is 2.26 bits per heavy atom. The van der Waals surface area contributed by atoms with Crippen molar-refractivity contribution in [2.75, 3.05) is 6.54 Å². The first-order chi connectivity index (χ1) is 13.3. The number of carbonyl (C=O) groups is 1. The van der Waals surface area contributed by atoms with Crippen LogP contribution < -0.4 is 4.74 Å². The first kappa shape index (κ1) is 17.4. The van der Waals surface area contributed by atoms with E-state index in [1.54, 1.807) is 17.5 Å². The van der Waals surface area contributed by atoms with Crippen LogP contribution in [0.1, 0.15) is 18.9 Å². The smallest absolute Gasteiger partial charge is 0.313 e. The molecule has 0 aliphatic heterocycles. The fraction of sp³-hybridized carbons (Fsp3) is 0.211. The number of ether oxygens (including phenoxy) is 1. The van der Waals surface area contributed by atoms with Gasteiger partial charge in [-0.2, -0.15) is 4.98 Å². The SMILES string of the molecule is CCCN(Cc1coc2cc(Oc3nc4ncccc4s3)ccc12)OC=O. The highest BCUT2D eigenvalue weighted by molar-refractivity contribution is 7.20. The van der Waals surface area contributed by atoms with Gasteiger partial charge >= 0.3 is 6.47 Å². The number of aromatic nitrogens is 2. The number of nitrogens with zero attached hydrogens (tertiary/aromatic N) is 3. The summed E-state index contributed by atoms with van der Waals surface area (Å²) >= 11 is 1.44. The molecule has 0 N–H and O–H groups in total. The van der Waals surface area contributed by atoms with Gasteiger partial charge in [-0.3, -0.25) is 4.79 Å². The Bertz CT molecular complexity index is 1040. The molecule has 3 heterocycles. The number of hydroxylamine groups is 2. The number of pyridine rings is 1. The lowest BCUT2D eigenvalue weighted by atomic mass is 10.1. The Hall–Kier alpha value is -2.97. The van der Waals surface area contributed by atoms with Crippen molar-refractivity contribution in [1.82, 2.24) is 15.0 Å². The molecule has 0 unspecified atom stereocenters. The summed E-state index contributed by atoms with van der Waals surface area (Å²) in [4.78, 5) is 24.2. The van der Waals surface area contributed by atoms with Crippen molar-refractivity contribution < 1.29 is 18.8 Å². The second-order valence-electron chi connectivity index (χ2n) is 5.89. The van der Waals surface area contributed by atoms with E-state index < -0.39 is 0 Å². The van der Waals surface area contributed by atoms with Crippen molar-refractivity contribution in [2.24, 2.45) is 0 Å². The second-order valence-corrected chi connectivity index (χ2v) is 6.88. The molecule has 0 saturated heterocycles. The molecule has 0 bridgehead atoms. The summed E-state index contributed by atoms with van der Waals surface area (Å²) in [7, 11) is 0. The van der Waals surface area contributed by atoms with Gasteiger partial charge in [-0.25, -0.2) is 4.98 Å². The molecule has 138 valence electrons. The van der Waals surface area contributed by atoms with Crippen molar-refractivity contribution in [3.8, 4) is 10.9 Å². The van der Waals surface area contributed by atoms with Crippen LogP contribution in [0.25, 0.3) is 21.3 Å². The average Bonchev–Trinajstić information content (AvgIpc) is 3.25. The van der Waals surface area contributed by atoms with E-state index in [1.165, 1.54) is 11.3 Å². The zero-order valence-electron chi connectivity index (χ0n) is 14.6. The number of thiazole rings is 1. The lowest BCUT2D eigenvalue weighted by molar-refractivity contribution is -0.176. The number of hydrogen-bond acceptors (Lipinski definition) is 8. The molecule has 0 amide bonds. The lowest BCUT2D eigenvalue weighted by Gasteiger charge is -2.16. The molecule has 7 nitrogen and oxygen atoms in total. The summed E-state index contributed by atoms with van der Waals surface area (Å²) in [5.74, 6) is 0.636. The van der Waals surface area contributed by atoms with E-state index in [-0.39, 0.29) is 0 Å². The van der Waals surface area contributed by atoms with Crippen molar-refractivity contribution in [2.45, 2.75) is 19.9 Å². The quantitative estimate of drug-likeness (QED) is 0.327. The molecule has 4 aromatic rings. The van der Waals surface area contributed by atoms with E-state index in [0.717, 1.165) is 22.1 Å². The zero-order chi connectivity index (χ0) is 18.6. The molecular weight excluding hydrogens is 366 g/mol. The number of carbonyl (C=O) groups excluding carboxylic acids is 1. The summed E-state index contributed by atoms with van der Waals surface area (Å²) in [5.41, 5.74) is 2.31. The van der Waals surface area contributed by atoms with Crippen LogP contribution in [0.2, 0.25) is 0 Å². The molecule has 0 fully saturated rings. The average molecular weight is 383 g/mol. The second kappa shape index (κ2) is 7.73. The molecule has 27 heavy (non-hydrogen) atoms. The van der Waals surface area contributed by atoms with Crippen LogP contribution in [0.5, 0.6) is 10.9 Å². The normalized spacial score (nSPS) is 11.3. The molecule has 3 aromatic heterocycles. The van der Waals surface area contributed by atoms with Crippen LogP contribution in [-0.2, 0) is 16.2 Å². The standard InChI is InChI=1S/C19H17N3O4S/c1-2-8-22(25-12-23)10-13-11-24-16-9-14(5-6-15(13)16)26-19-21-18-17(27-19)4-3-7-20-18/h3-7,9,11-12H,2,8,10H2,1H3. The highest BCUT2D eigenvalue weighted by Crippen LogP contribution is 2.33. The zero-order valence-corrected chi connectivity index (χ0v) is 15.4. The van der Waals surface area contributed by atoms with Gasteiger partial charge in [0, 0.05) is 29.8 Å². The summed E-state index contributed by atoms with van der Waals surface area (Å²) in [6.07, 6.45) is 4.25. The van der Waals surface area contributed by atoms with Crippen molar-refractivity contribution in [3.05, 3.63) is 48.4 Å². The van der Waals surface area contributed by atoms with Crippen LogP contribution >= 0.6 is 11.3 Å². The molecule has 1 aromatic carbocycles. The van der Waals surface area contributed by atoms with Crippen molar-refractivity contribution >= 4 is 39.1 Å². The fourth-order valence-corrected chi connectivity index (χ4v) is 3.61. The summed E-state index contributed by atoms with van der Waals surface area (Å²) in [6.45, 7) is 3.58. The van der Waals surface area contributed by atoms with Gasteiger partial charge in [0.2, 0.25) is 0 Å². The molecule has 8 heteroatoms. The van der Waals surface area contributed by atoms with E-state index in [2.05, 4.69) is 9.97 Å². The molecule has 4 rings (SSSR count). The predicted octanol–water partition coefficient (Wildman–Crippen LogP) is 4.53. The number of benzene rings is 1. The minimum absolute atomic E-state index is 0.441. The van der Waals surface area contributed by atoms with E-state index in [1.807, 2.05) is 37.3 Å². The van der Waals surface area contributed by atoms with Gasteiger partial charge in [-0.1, -0.05) is 18.3 Å². The lowest BCUT2D eigenvalue weighted by Crippen LogP contribution is -2.23. The molecule has 0 aliphatic rings.